The number of Topliss-reactive ketones (excluding diaryl/α,β-unsaturated/α-hetero) is 1. The Hall–Kier alpha value is -3.09. The molecule has 4 rings (SSSR count). The summed E-state index contributed by atoms with van der Waals surface area (Å²) in [5.74, 6) is -4.16. The summed E-state index contributed by atoms with van der Waals surface area (Å²) in [6.45, 7) is 8.49. The second-order valence-corrected chi connectivity index (χ2v) is 16.9. The number of hydrogen-bond donors (Lipinski definition) is 1. The van der Waals surface area contributed by atoms with E-state index >= 15 is 0 Å². The standard InChI is InChI=1S/C12H15BrFNOS.C9H9BrFNO2.C8H6BrFO.C7H4BrFO2.4CH4/c1-8(15-17(16)12(2,3)4)10-7-9(13)5-6-11(10)14;1-12(14-2)9(13)7-5-6(10)3-4-8(7)11;1-5(11)7-4-6(9)2-3-8(7)10;8-4-1-2-6(9)5(3-4)7(10)11;;;;/h5-7H,1-4H3;3-5H,1-2H3;2-4H,1H3;1-3H,(H,10,11);4*1H4/t17-;;;;;;;/m1......./s1. The third-order valence-electron chi connectivity index (χ3n) is 6.25. The second kappa shape index (κ2) is 28.4. The summed E-state index contributed by atoms with van der Waals surface area (Å²) < 4.78 is 70.3. The average molecular weight is 1080 g/mol. The van der Waals surface area contributed by atoms with Crippen LogP contribution in [0, 0.1) is 23.3 Å². The molecule has 0 radical (unpaired) electrons. The Morgan fingerprint density at radius 3 is 1.28 bits per heavy atom. The number of hydrogen-bond acceptors (Lipinski definition) is 5. The molecule has 0 saturated heterocycles. The molecule has 318 valence electrons. The third kappa shape index (κ3) is 20.9. The predicted molar refractivity (Wildman–Crippen MR) is 239 cm³/mol. The smallest absolute Gasteiger partial charge is 0.338 e. The first-order valence-electron chi connectivity index (χ1n) is 14.8. The third-order valence-corrected chi connectivity index (χ3v) is 9.71. The quantitative estimate of drug-likeness (QED) is 0.0891. The topological polar surface area (TPSA) is 113 Å². The lowest BCUT2D eigenvalue weighted by Gasteiger charge is -2.14. The van der Waals surface area contributed by atoms with Crippen LogP contribution in [0.1, 0.15) is 101 Å². The van der Waals surface area contributed by atoms with E-state index in [9.17, 15) is 36.2 Å². The lowest BCUT2D eigenvalue weighted by Crippen LogP contribution is -2.26. The van der Waals surface area contributed by atoms with Gasteiger partial charge in [-0.25, -0.2) is 31.6 Å². The zero-order chi connectivity index (χ0) is 40.8. The van der Waals surface area contributed by atoms with Gasteiger partial charge in [0.2, 0.25) is 0 Å². The molecule has 4 aromatic carbocycles. The minimum absolute atomic E-state index is 0. The van der Waals surface area contributed by atoms with E-state index in [4.69, 9.17) is 5.11 Å². The Morgan fingerprint density at radius 1 is 0.649 bits per heavy atom. The van der Waals surface area contributed by atoms with Crippen molar-refractivity contribution in [1.29, 1.82) is 0 Å². The number of hydroxylamine groups is 2. The van der Waals surface area contributed by atoms with E-state index in [2.05, 4.69) is 73.0 Å². The summed E-state index contributed by atoms with van der Waals surface area (Å²) in [4.78, 5) is 37.2. The minimum Gasteiger partial charge on any atom is -0.478 e. The molecule has 4 aromatic rings. The number of amides is 1. The molecule has 0 saturated carbocycles. The number of benzene rings is 4. The number of nitrogens with zero attached hydrogens (tertiary/aromatic N) is 2. The maximum Gasteiger partial charge on any atom is 0.338 e. The first-order valence-corrected chi connectivity index (χ1v) is 19.1. The molecule has 8 nitrogen and oxygen atoms in total. The zero-order valence-electron chi connectivity index (χ0n) is 29.2. The summed E-state index contributed by atoms with van der Waals surface area (Å²) in [6, 6.07) is 16.8. The maximum atomic E-state index is 13.6. The summed E-state index contributed by atoms with van der Waals surface area (Å²) >= 11 is 12.6. The van der Waals surface area contributed by atoms with Crippen molar-refractivity contribution >= 4 is 98.1 Å². The number of halogens is 8. The first-order chi connectivity index (χ1) is 24.5. The van der Waals surface area contributed by atoms with Crippen molar-refractivity contribution in [2.75, 3.05) is 14.2 Å². The largest absolute Gasteiger partial charge is 0.478 e. The van der Waals surface area contributed by atoms with E-state index in [1.807, 2.05) is 20.8 Å². The van der Waals surface area contributed by atoms with Crippen LogP contribution < -0.4 is 0 Å². The fourth-order valence-electron chi connectivity index (χ4n) is 3.43. The van der Waals surface area contributed by atoms with E-state index in [0.717, 1.165) is 15.6 Å². The number of ketones is 1. The van der Waals surface area contributed by atoms with Gasteiger partial charge in [-0.3, -0.25) is 14.4 Å². The molecule has 1 atom stereocenters. The fraction of sp³-hybridized carbons (Fsp3) is 0.300. The van der Waals surface area contributed by atoms with Gasteiger partial charge in [-0.15, -0.1) is 0 Å². The number of carboxylic acid groups (broad SMARTS) is 1. The molecule has 0 aliphatic heterocycles. The van der Waals surface area contributed by atoms with Gasteiger partial charge in [0, 0.05) is 30.5 Å². The summed E-state index contributed by atoms with van der Waals surface area (Å²) in [6.07, 6.45) is 0. The first kappa shape index (κ1) is 60.6. The minimum atomic E-state index is -1.38. The van der Waals surface area contributed by atoms with Crippen LogP contribution in [-0.2, 0) is 15.8 Å². The van der Waals surface area contributed by atoms with Crippen molar-refractivity contribution in [3.05, 3.63) is 136 Å². The second-order valence-electron chi connectivity index (χ2n) is 11.4. The van der Waals surface area contributed by atoms with Gasteiger partial charge in [-0.05, 0) is 107 Å². The van der Waals surface area contributed by atoms with Crippen LogP contribution in [0.3, 0.4) is 0 Å². The van der Waals surface area contributed by atoms with E-state index in [0.29, 0.717) is 24.7 Å². The van der Waals surface area contributed by atoms with Crippen LogP contribution in [0.2, 0.25) is 0 Å². The van der Waals surface area contributed by atoms with Crippen LogP contribution in [0.4, 0.5) is 17.6 Å². The highest BCUT2D eigenvalue weighted by molar-refractivity contribution is 9.11. The summed E-state index contributed by atoms with van der Waals surface area (Å²) in [7, 11) is 1.38. The van der Waals surface area contributed by atoms with Gasteiger partial charge in [0.25, 0.3) is 5.91 Å². The molecular weight excluding hydrogens is 1030 g/mol. The predicted octanol–water partition coefficient (Wildman–Crippen LogP) is 13.7. The number of carbonyl (C=O) groups excluding carboxylic acids is 2. The Balaban J connectivity index is -0.000000326. The molecule has 0 aliphatic carbocycles. The number of aromatic carboxylic acids is 1. The number of rotatable bonds is 6. The lowest BCUT2D eigenvalue weighted by atomic mass is 10.1. The molecule has 0 spiro atoms. The highest BCUT2D eigenvalue weighted by atomic mass is 79.9. The van der Waals surface area contributed by atoms with E-state index in [1.165, 1.54) is 69.6 Å². The Bertz CT molecular complexity index is 1930. The van der Waals surface area contributed by atoms with Crippen LogP contribution in [0.25, 0.3) is 0 Å². The molecule has 0 fully saturated rings. The molecule has 0 heterocycles. The van der Waals surface area contributed by atoms with Crippen molar-refractivity contribution in [2.45, 2.75) is 69.1 Å². The van der Waals surface area contributed by atoms with E-state index in [-0.39, 0.29) is 58.0 Å². The molecule has 0 bridgehead atoms. The molecular formula is C40H50Br4F4N2O6S. The van der Waals surface area contributed by atoms with Gasteiger partial charge in [-0.1, -0.05) is 93.4 Å². The van der Waals surface area contributed by atoms with E-state index < -0.39 is 45.1 Å². The monoisotopic (exact) mass is 1080 g/mol. The Labute approximate surface area is 370 Å². The molecule has 0 unspecified atom stereocenters. The van der Waals surface area contributed by atoms with Crippen LogP contribution in [-0.4, -0.2) is 56.7 Å². The summed E-state index contributed by atoms with van der Waals surface area (Å²) in [5.41, 5.74) is 0.594. The van der Waals surface area contributed by atoms with Crippen molar-refractivity contribution in [3.63, 3.8) is 0 Å². The zero-order valence-corrected chi connectivity index (χ0v) is 36.4. The highest BCUT2D eigenvalue weighted by Gasteiger charge is 2.20. The van der Waals surface area contributed by atoms with Crippen molar-refractivity contribution < 1.29 is 46.1 Å². The number of carboxylic acids is 1. The maximum absolute atomic E-state index is 13.6. The van der Waals surface area contributed by atoms with Crippen LogP contribution >= 0.6 is 63.7 Å². The van der Waals surface area contributed by atoms with Gasteiger partial charge in [0.05, 0.1) is 34.3 Å². The fourth-order valence-corrected chi connectivity index (χ4v) is 5.49. The van der Waals surface area contributed by atoms with Crippen molar-refractivity contribution in [1.82, 2.24) is 5.06 Å². The molecule has 0 aliphatic rings. The highest BCUT2D eigenvalue weighted by Crippen LogP contribution is 2.20. The normalized spacial score (nSPS) is 10.6. The van der Waals surface area contributed by atoms with Gasteiger partial charge in [0.1, 0.15) is 34.3 Å². The summed E-state index contributed by atoms with van der Waals surface area (Å²) in [5, 5.41) is 9.39. The molecule has 1 amide bonds. The molecule has 0 aromatic heterocycles. The van der Waals surface area contributed by atoms with E-state index in [1.54, 1.807) is 25.1 Å². The van der Waals surface area contributed by atoms with Gasteiger partial charge >= 0.3 is 5.97 Å². The van der Waals surface area contributed by atoms with Gasteiger partial charge in [0.15, 0.2) is 5.78 Å². The average Bonchev–Trinajstić information content (AvgIpc) is 3.08. The molecule has 1 N–H and O–H groups in total. The van der Waals surface area contributed by atoms with Gasteiger partial charge in [-0.2, -0.15) is 4.40 Å². The lowest BCUT2D eigenvalue weighted by molar-refractivity contribution is -0.0759. The van der Waals surface area contributed by atoms with Crippen LogP contribution in [0.5, 0.6) is 0 Å². The Morgan fingerprint density at radius 2 is 0.965 bits per heavy atom. The van der Waals surface area contributed by atoms with Crippen molar-refractivity contribution in [2.24, 2.45) is 4.40 Å². The van der Waals surface area contributed by atoms with Crippen molar-refractivity contribution in [3.8, 4) is 0 Å². The SMILES string of the molecule is C.C.C.C.CC(=N[S@](=O)C(C)(C)C)c1cc(Br)ccc1F.CC(=O)c1cc(Br)ccc1F.CON(C)C(=O)c1cc(Br)ccc1F.O=C(O)c1cc(Br)ccc1F. The Kier molecular flexibility index (Phi) is 30.1. The molecule has 17 heteroatoms. The van der Waals surface area contributed by atoms with Crippen LogP contribution in [0.15, 0.2) is 95.1 Å². The molecule has 57 heavy (non-hydrogen) atoms. The van der Waals surface area contributed by atoms with Gasteiger partial charge < -0.3 is 5.11 Å². The number of carbonyl (C=O) groups is 3.